The van der Waals surface area contributed by atoms with Crippen LogP contribution in [0, 0.1) is 0 Å². The number of nitrogens with two attached hydrogens (primary N) is 1. The van der Waals surface area contributed by atoms with Crippen molar-refractivity contribution in [2.24, 2.45) is 0 Å². The van der Waals surface area contributed by atoms with Gasteiger partial charge in [0, 0.05) is 13.1 Å². The van der Waals surface area contributed by atoms with Gasteiger partial charge in [-0.15, -0.1) is 0 Å². The number of nitrogen functional groups attached to an aromatic ring is 1. The highest BCUT2D eigenvalue weighted by atomic mass is 16.5. The van der Waals surface area contributed by atoms with Crippen molar-refractivity contribution < 1.29 is 9.47 Å². The maximum atomic E-state index is 5.95. The summed E-state index contributed by atoms with van der Waals surface area (Å²) in [6, 6.07) is 3.79. The van der Waals surface area contributed by atoms with Crippen LogP contribution in [0.2, 0.25) is 0 Å². The van der Waals surface area contributed by atoms with E-state index in [0.29, 0.717) is 18.2 Å². The lowest BCUT2D eigenvalue weighted by molar-refractivity contribution is -0.0279. The lowest BCUT2D eigenvalue weighted by Crippen LogP contribution is -2.48. The molecule has 0 saturated carbocycles. The van der Waals surface area contributed by atoms with E-state index < -0.39 is 0 Å². The highest BCUT2D eigenvalue weighted by Gasteiger charge is 2.28. The number of hydrogen-bond donors (Lipinski definition) is 1. The van der Waals surface area contributed by atoms with E-state index in [2.05, 4.69) is 23.7 Å². The molecule has 0 amide bonds. The highest BCUT2D eigenvalue weighted by molar-refractivity contribution is 5.55. The molecule has 0 radical (unpaired) electrons. The van der Waals surface area contributed by atoms with Crippen LogP contribution < -0.4 is 15.4 Å². The summed E-state index contributed by atoms with van der Waals surface area (Å²) in [5.41, 5.74) is 6.04. The average Bonchev–Trinajstić information content (AvgIpc) is 2.29. The van der Waals surface area contributed by atoms with E-state index in [9.17, 15) is 0 Å². The first-order chi connectivity index (χ1) is 9.16. The lowest BCUT2D eigenvalue weighted by Gasteiger charge is -2.39. The molecule has 0 aliphatic carbocycles. The number of pyridine rings is 1. The highest BCUT2D eigenvalue weighted by Crippen LogP contribution is 2.28. The van der Waals surface area contributed by atoms with Crippen LogP contribution in [0.3, 0.4) is 0 Å². The topological polar surface area (TPSA) is 60.6 Å². The van der Waals surface area contributed by atoms with E-state index in [-0.39, 0.29) is 11.2 Å². The molecule has 0 spiro atoms. The second-order valence-corrected chi connectivity index (χ2v) is 6.81. The Morgan fingerprint density at radius 3 is 2.65 bits per heavy atom. The van der Waals surface area contributed by atoms with E-state index in [1.165, 1.54) is 0 Å². The lowest BCUT2D eigenvalue weighted by atomic mass is 10.1. The fraction of sp³-hybridized carbons (Fsp3) is 0.667. The number of ether oxygens (including phenoxy) is 2. The zero-order valence-corrected chi connectivity index (χ0v) is 13.1. The van der Waals surface area contributed by atoms with Gasteiger partial charge in [-0.1, -0.05) is 0 Å². The Kier molecular flexibility index (Phi) is 3.82. The van der Waals surface area contributed by atoms with Gasteiger partial charge in [0.15, 0.2) is 0 Å². The van der Waals surface area contributed by atoms with E-state index in [1.807, 2.05) is 32.9 Å². The summed E-state index contributed by atoms with van der Waals surface area (Å²) in [4.78, 5) is 6.78. The van der Waals surface area contributed by atoms with Gasteiger partial charge in [-0.05, 0) is 46.8 Å². The van der Waals surface area contributed by atoms with Crippen molar-refractivity contribution in [2.75, 3.05) is 30.3 Å². The fourth-order valence-electron chi connectivity index (χ4n) is 2.20. The molecule has 0 bridgehead atoms. The number of morpholine rings is 1. The summed E-state index contributed by atoms with van der Waals surface area (Å²) in [7, 11) is 0. The molecule has 5 heteroatoms. The van der Waals surface area contributed by atoms with Crippen LogP contribution in [0.5, 0.6) is 5.88 Å². The monoisotopic (exact) mass is 279 g/mol. The number of aromatic nitrogens is 1. The summed E-state index contributed by atoms with van der Waals surface area (Å²) < 4.78 is 11.5. The summed E-state index contributed by atoms with van der Waals surface area (Å²) in [6.45, 7) is 12.5. The van der Waals surface area contributed by atoms with Gasteiger partial charge in [0.1, 0.15) is 11.4 Å². The molecule has 1 saturated heterocycles. The Morgan fingerprint density at radius 1 is 1.35 bits per heavy atom. The molecule has 1 aliphatic heterocycles. The Bertz CT molecular complexity index is 480. The molecule has 1 aliphatic rings. The minimum absolute atomic E-state index is 0.160. The van der Waals surface area contributed by atoms with Crippen molar-refractivity contribution in [3.05, 3.63) is 12.1 Å². The molecule has 0 atom stereocenters. The molecule has 0 aromatic carbocycles. The van der Waals surface area contributed by atoms with Crippen LogP contribution in [-0.4, -0.2) is 35.9 Å². The zero-order chi connectivity index (χ0) is 15.0. The standard InChI is InChI=1S/C15H25N3O2/c1-14(2,3)20-13-11(16)6-7-12(17-13)18-8-9-19-15(4,5)10-18/h6-7H,8-10,16H2,1-5H3. The quantitative estimate of drug-likeness (QED) is 0.901. The summed E-state index contributed by atoms with van der Waals surface area (Å²) in [5, 5.41) is 0. The van der Waals surface area contributed by atoms with Gasteiger partial charge in [0.05, 0.1) is 17.9 Å². The van der Waals surface area contributed by atoms with Crippen molar-refractivity contribution in [3.63, 3.8) is 0 Å². The predicted molar refractivity (Wildman–Crippen MR) is 81.3 cm³/mol. The van der Waals surface area contributed by atoms with Crippen LogP contribution >= 0.6 is 0 Å². The summed E-state index contributed by atoms with van der Waals surface area (Å²) in [6.07, 6.45) is 0. The largest absolute Gasteiger partial charge is 0.470 e. The van der Waals surface area contributed by atoms with Crippen LogP contribution in [0.1, 0.15) is 34.6 Å². The SMILES string of the molecule is CC(C)(C)Oc1nc(N2CCOC(C)(C)C2)ccc1N. The Balaban J connectivity index is 2.23. The predicted octanol–water partition coefficient (Wildman–Crippen LogP) is 2.46. The first-order valence-electron chi connectivity index (χ1n) is 7.01. The smallest absolute Gasteiger partial charge is 0.239 e. The molecule has 0 unspecified atom stereocenters. The summed E-state index contributed by atoms with van der Waals surface area (Å²) in [5.74, 6) is 1.38. The van der Waals surface area contributed by atoms with Crippen molar-refractivity contribution >= 4 is 11.5 Å². The van der Waals surface area contributed by atoms with Crippen LogP contribution in [-0.2, 0) is 4.74 Å². The Labute approximate surface area is 121 Å². The minimum atomic E-state index is -0.315. The molecule has 1 aromatic rings. The molecule has 112 valence electrons. The molecular weight excluding hydrogens is 254 g/mol. The third-order valence-electron chi connectivity index (χ3n) is 3.03. The molecule has 2 heterocycles. The fourth-order valence-corrected chi connectivity index (χ4v) is 2.20. The number of nitrogens with zero attached hydrogens (tertiary/aromatic N) is 2. The van der Waals surface area contributed by atoms with Crippen LogP contribution in [0.15, 0.2) is 12.1 Å². The summed E-state index contributed by atoms with van der Waals surface area (Å²) >= 11 is 0. The number of anilines is 2. The molecule has 20 heavy (non-hydrogen) atoms. The normalized spacial score (nSPS) is 18.9. The van der Waals surface area contributed by atoms with Gasteiger partial charge in [-0.2, -0.15) is 4.98 Å². The molecular formula is C15H25N3O2. The first kappa shape index (κ1) is 14.9. The van der Waals surface area contributed by atoms with E-state index >= 15 is 0 Å². The van der Waals surface area contributed by atoms with Crippen LogP contribution in [0.4, 0.5) is 11.5 Å². The van der Waals surface area contributed by atoms with Gasteiger partial charge in [-0.3, -0.25) is 0 Å². The number of hydrogen-bond acceptors (Lipinski definition) is 5. The van der Waals surface area contributed by atoms with E-state index in [0.717, 1.165) is 18.9 Å². The van der Waals surface area contributed by atoms with Crippen LogP contribution in [0.25, 0.3) is 0 Å². The average molecular weight is 279 g/mol. The van der Waals surface area contributed by atoms with Crippen molar-refractivity contribution in [1.82, 2.24) is 4.98 Å². The molecule has 2 rings (SSSR count). The third-order valence-corrected chi connectivity index (χ3v) is 3.03. The van der Waals surface area contributed by atoms with Crippen molar-refractivity contribution in [2.45, 2.75) is 45.8 Å². The van der Waals surface area contributed by atoms with Crippen molar-refractivity contribution in [3.8, 4) is 5.88 Å². The molecule has 1 fully saturated rings. The van der Waals surface area contributed by atoms with Gasteiger partial charge >= 0.3 is 0 Å². The second kappa shape index (κ2) is 5.13. The van der Waals surface area contributed by atoms with Gasteiger partial charge in [0.25, 0.3) is 0 Å². The Hall–Kier alpha value is -1.49. The second-order valence-electron chi connectivity index (χ2n) is 6.81. The number of rotatable bonds is 2. The van der Waals surface area contributed by atoms with Crippen molar-refractivity contribution in [1.29, 1.82) is 0 Å². The molecule has 2 N–H and O–H groups in total. The maximum absolute atomic E-state index is 5.95. The van der Waals surface area contributed by atoms with Gasteiger partial charge in [-0.25, -0.2) is 0 Å². The zero-order valence-electron chi connectivity index (χ0n) is 13.1. The van der Waals surface area contributed by atoms with Gasteiger partial charge in [0.2, 0.25) is 5.88 Å². The van der Waals surface area contributed by atoms with E-state index in [4.69, 9.17) is 15.2 Å². The molecule has 5 nitrogen and oxygen atoms in total. The van der Waals surface area contributed by atoms with E-state index in [1.54, 1.807) is 0 Å². The minimum Gasteiger partial charge on any atom is -0.470 e. The first-order valence-corrected chi connectivity index (χ1v) is 7.01. The maximum Gasteiger partial charge on any atom is 0.239 e. The van der Waals surface area contributed by atoms with Gasteiger partial charge < -0.3 is 20.1 Å². The Morgan fingerprint density at radius 2 is 2.05 bits per heavy atom. The molecule has 1 aromatic heterocycles. The third kappa shape index (κ3) is 3.76.